The van der Waals surface area contributed by atoms with Crippen LogP contribution in [0.4, 0.5) is 0 Å². The molecule has 1 heteroatoms. The van der Waals surface area contributed by atoms with Gasteiger partial charge in [-0.3, -0.25) is 0 Å². The fraction of sp³-hybridized carbons (Fsp3) is 0.647. The van der Waals surface area contributed by atoms with Gasteiger partial charge in [0.05, 0.1) is 0 Å². The zero-order valence-electron chi connectivity index (χ0n) is 11.9. The summed E-state index contributed by atoms with van der Waals surface area (Å²) in [7, 11) is 2.12. The highest BCUT2D eigenvalue weighted by atomic mass is 14.9. The standard InChI is InChI=1S/C17H27N/c1-3-4-5-10-15-12-8-11-14-9-6-7-13-16(14)17(15)18-2/h6-7,9,13,15,17-18H,3-5,8,10-12H2,1-2H3. The van der Waals surface area contributed by atoms with Crippen molar-refractivity contribution in [2.45, 2.75) is 57.9 Å². The Morgan fingerprint density at radius 2 is 2.06 bits per heavy atom. The van der Waals surface area contributed by atoms with Crippen molar-refractivity contribution in [3.05, 3.63) is 35.4 Å². The van der Waals surface area contributed by atoms with Crippen LogP contribution in [0.1, 0.15) is 62.6 Å². The quantitative estimate of drug-likeness (QED) is 0.596. The van der Waals surface area contributed by atoms with E-state index in [0.717, 1.165) is 5.92 Å². The van der Waals surface area contributed by atoms with Gasteiger partial charge in [0.2, 0.25) is 0 Å². The summed E-state index contributed by atoms with van der Waals surface area (Å²) >= 11 is 0. The van der Waals surface area contributed by atoms with Crippen LogP contribution < -0.4 is 5.32 Å². The second kappa shape index (κ2) is 6.94. The highest BCUT2D eigenvalue weighted by Gasteiger charge is 2.25. The molecule has 0 saturated heterocycles. The zero-order valence-corrected chi connectivity index (χ0v) is 11.9. The lowest BCUT2D eigenvalue weighted by Gasteiger charge is -2.26. The molecule has 0 saturated carbocycles. The van der Waals surface area contributed by atoms with Crippen molar-refractivity contribution < 1.29 is 0 Å². The molecule has 2 unspecified atom stereocenters. The van der Waals surface area contributed by atoms with Gasteiger partial charge in [-0.15, -0.1) is 0 Å². The summed E-state index contributed by atoms with van der Waals surface area (Å²) in [6.45, 7) is 2.29. The van der Waals surface area contributed by atoms with Gasteiger partial charge in [0, 0.05) is 6.04 Å². The second-order valence-corrected chi connectivity index (χ2v) is 5.61. The van der Waals surface area contributed by atoms with Crippen molar-refractivity contribution in [2.75, 3.05) is 7.05 Å². The van der Waals surface area contributed by atoms with Crippen LogP contribution in [0, 0.1) is 5.92 Å². The van der Waals surface area contributed by atoms with Gasteiger partial charge in [-0.1, -0.05) is 50.5 Å². The van der Waals surface area contributed by atoms with Crippen LogP contribution in [0.2, 0.25) is 0 Å². The minimum absolute atomic E-state index is 0.570. The van der Waals surface area contributed by atoms with Crippen molar-refractivity contribution in [1.82, 2.24) is 5.32 Å². The van der Waals surface area contributed by atoms with Gasteiger partial charge < -0.3 is 5.32 Å². The average Bonchev–Trinajstić information content (AvgIpc) is 2.58. The van der Waals surface area contributed by atoms with E-state index in [1.807, 2.05) is 0 Å². The molecular formula is C17H27N. The minimum Gasteiger partial charge on any atom is -0.313 e. The number of benzene rings is 1. The first-order chi connectivity index (χ1) is 8.86. The van der Waals surface area contributed by atoms with E-state index in [4.69, 9.17) is 0 Å². The molecule has 1 aromatic carbocycles. The number of nitrogens with one attached hydrogen (secondary N) is 1. The smallest absolute Gasteiger partial charge is 0.0348 e. The van der Waals surface area contributed by atoms with Crippen LogP contribution in [-0.2, 0) is 6.42 Å². The van der Waals surface area contributed by atoms with Gasteiger partial charge in [0.15, 0.2) is 0 Å². The summed E-state index contributed by atoms with van der Waals surface area (Å²) in [6.07, 6.45) is 9.48. The second-order valence-electron chi connectivity index (χ2n) is 5.61. The lowest BCUT2D eigenvalue weighted by atomic mass is 9.87. The van der Waals surface area contributed by atoms with E-state index in [9.17, 15) is 0 Å². The van der Waals surface area contributed by atoms with Crippen molar-refractivity contribution in [2.24, 2.45) is 5.92 Å². The Hall–Kier alpha value is -0.820. The van der Waals surface area contributed by atoms with E-state index in [1.165, 1.54) is 44.9 Å². The first-order valence-electron chi connectivity index (χ1n) is 7.62. The van der Waals surface area contributed by atoms with Crippen molar-refractivity contribution in [3.8, 4) is 0 Å². The number of hydrogen-bond donors (Lipinski definition) is 1. The molecule has 0 heterocycles. The molecule has 2 rings (SSSR count). The van der Waals surface area contributed by atoms with Gasteiger partial charge in [-0.2, -0.15) is 0 Å². The molecule has 0 bridgehead atoms. The lowest BCUT2D eigenvalue weighted by Crippen LogP contribution is -2.25. The van der Waals surface area contributed by atoms with Gasteiger partial charge in [-0.25, -0.2) is 0 Å². The number of unbranched alkanes of at least 4 members (excludes halogenated alkanes) is 2. The summed E-state index contributed by atoms with van der Waals surface area (Å²) in [5.41, 5.74) is 3.12. The molecule has 2 atom stereocenters. The molecule has 18 heavy (non-hydrogen) atoms. The largest absolute Gasteiger partial charge is 0.313 e. The Morgan fingerprint density at radius 1 is 1.22 bits per heavy atom. The lowest BCUT2D eigenvalue weighted by molar-refractivity contribution is 0.329. The van der Waals surface area contributed by atoms with Crippen LogP contribution in [0.3, 0.4) is 0 Å². The predicted molar refractivity (Wildman–Crippen MR) is 78.8 cm³/mol. The SMILES string of the molecule is CCCCCC1CCCc2ccccc2C1NC. The highest BCUT2D eigenvalue weighted by molar-refractivity contribution is 5.31. The van der Waals surface area contributed by atoms with E-state index in [0.29, 0.717) is 6.04 Å². The van der Waals surface area contributed by atoms with Crippen molar-refractivity contribution >= 4 is 0 Å². The first kappa shape index (κ1) is 13.6. The minimum atomic E-state index is 0.570. The fourth-order valence-electron chi connectivity index (χ4n) is 3.40. The van der Waals surface area contributed by atoms with Gasteiger partial charge >= 0.3 is 0 Å². The Morgan fingerprint density at radius 3 is 2.83 bits per heavy atom. The average molecular weight is 245 g/mol. The van der Waals surface area contributed by atoms with Gasteiger partial charge in [-0.05, 0) is 49.8 Å². The Balaban J connectivity index is 2.12. The zero-order chi connectivity index (χ0) is 12.8. The molecule has 0 aromatic heterocycles. The number of rotatable bonds is 5. The number of hydrogen-bond acceptors (Lipinski definition) is 1. The topological polar surface area (TPSA) is 12.0 Å². The Bertz CT molecular complexity index is 358. The third kappa shape index (κ3) is 3.14. The molecular weight excluding hydrogens is 218 g/mol. The maximum atomic E-state index is 3.58. The van der Waals surface area contributed by atoms with Crippen LogP contribution in [0.5, 0.6) is 0 Å². The van der Waals surface area contributed by atoms with Crippen LogP contribution in [-0.4, -0.2) is 7.05 Å². The normalized spacial score (nSPS) is 23.4. The van der Waals surface area contributed by atoms with Gasteiger partial charge in [0.25, 0.3) is 0 Å². The predicted octanol–water partition coefficient (Wildman–Crippen LogP) is 4.48. The molecule has 0 aliphatic heterocycles. The molecule has 0 radical (unpaired) electrons. The van der Waals surface area contributed by atoms with Crippen LogP contribution in [0.15, 0.2) is 24.3 Å². The third-order valence-electron chi connectivity index (χ3n) is 4.37. The third-order valence-corrected chi connectivity index (χ3v) is 4.37. The van der Waals surface area contributed by atoms with E-state index in [1.54, 1.807) is 11.1 Å². The Labute approximate surface area is 112 Å². The summed E-state index contributed by atoms with van der Waals surface area (Å²) < 4.78 is 0. The molecule has 1 nitrogen and oxygen atoms in total. The molecule has 1 aromatic rings. The molecule has 0 amide bonds. The summed E-state index contributed by atoms with van der Waals surface area (Å²) in [6, 6.07) is 9.59. The molecule has 1 aliphatic rings. The molecule has 1 N–H and O–H groups in total. The van der Waals surface area contributed by atoms with Gasteiger partial charge in [0.1, 0.15) is 0 Å². The number of fused-ring (bicyclic) bond motifs is 1. The fourth-order valence-corrected chi connectivity index (χ4v) is 3.40. The maximum absolute atomic E-state index is 3.58. The van der Waals surface area contributed by atoms with Crippen LogP contribution in [0.25, 0.3) is 0 Å². The Kier molecular flexibility index (Phi) is 5.25. The summed E-state index contributed by atoms with van der Waals surface area (Å²) in [4.78, 5) is 0. The summed E-state index contributed by atoms with van der Waals surface area (Å²) in [5, 5.41) is 3.58. The van der Waals surface area contributed by atoms with E-state index >= 15 is 0 Å². The monoisotopic (exact) mass is 245 g/mol. The molecule has 1 aliphatic carbocycles. The van der Waals surface area contributed by atoms with E-state index in [2.05, 4.69) is 43.6 Å². The van der Waals surface area contributed by atoms with Crippen LogP contribution >= 0.6 is 0 Å². The maximum Gasteiger partial charge on any atom is 0.0348 e. The highest BCUT2D eigenvalue weighted by Crippen LogP contribution is 2.35. The first-order valence-corrected chi connectivity index (χ1v) is 7.62. The van der Waals surface area contributed by atoms with E-state index in [-0.39, 0.29) is 0 Å². The number of aryl methyl sites for hydroxylation is 1. The molecule has 0 fully saturated rings. The molecule has 0 spiro atoms. The summed E-state index contributed by atoms with van der Waals surface area (Å²) in [5.74, 6) is 0.824. The van der Waals surface area contributed by atoms with Crippen molar-refractivity contribution in [1.29, 1.82) is 0 Å². The van der Waals surface area contributed by atoms with Crippen molar-refractivity contribution in [3.63, 3.8) is 0 Å². The van der Waals surface area contributed by atoms with E-state index < -0.39 is 0 Å². The molecule has 100 valence electrons.